The van der Waals surface area contributed by atoms with E-state index in [-0.39, 0.29) is 11.9 Å². The van der Waals surface area contributed by atoms with Gasteiger partial charge in [-0.05, 0) is 44.9 Å². The third-order valence-corrected chi connectivity index (χ3v) is 4.68. The van der Waals surface area contributed by atoms with Gasteiger partial charge in [0, 0.05) is 24.3 Å². The summed E-state index contributed by atoms with van der Waals surface area (Å²) in [5, 5.41) is 14.5. The number of carbonyl (C=O) groups is 1. The van der Waals surface area contributed by atoms with E-state index in [1.165, 1.54) is 0 Å². The van der Waals surface area contributed by atoms with Gasteiger partial charge in [-0.2, -0.15) is 10.2 Å². The van der Waals surface area contributed by atoms with E-state index in [2.05, 4.69) is 20.6 Å². The predicted molar refractivity (Wildman–Crippen MR) is 104 cm³/mol. The zero-order chi connectivity index (χ0) is 19.6. The summed E-state index contributed by atoms with van der Waals surface area (Å²) in [5.74, 6) is 0.639. The van der Waals surface area contributed by atoms with Gasteiger partial charge in [0.1, 0.15) is 11.4 Å². The highest BCUT2D eigenvalue weighted by Crippen LogP contribution is 2.25. The van der Waals surface area contributed by atoms with E-state index >= 15 is 0 Å². The average Bonchev–Trinajstić information content (AvgIpc) is 3.20. The number of amides is 1. The first-order valence-electron chi connectivity index (χ1n) is 8.89. The Kier molecular flexibility index (Phi) is 5.30. The number of hydrogen-bond acceptors (Lipinski definition) is 4. The van der Waals surface area contributed by atoms with E-state index in [1.54, 1.807) is 13.2 Å². The number of aromatic amines is 1. The molecule has 3 aromatic rings. The molecule has 27 heavy (non-hydrogen) atoms. The molecular formula is C20H25N5O2. The van der Waals surface area contributed by atoms with Crippen molar-refractivity contribution < 1.29 is 9.53 Å². The maximum atomic E-state index is 12.6. The van der Waals surface area contributed by atoms with Gasteiger partial charge in [-0.1, -0.05) is 18.2 Å². The highest BCUT2D eigenvalue weighted by molar-refractivity contribution is 5.93. The van der Waals surface area contributed by atoms with Crippen LogP contribution in [0, 0.1) is 13.8 Å². The van der Waals surface area contributed by atoms with Crippen molar-refractivity contribution in [2.24, 2.45) is 7.05 Å². The van der Waals surface area contributed by atoms with Crippen LogP contribution < -0.4 is 10.1 Å². The second-order valence-corrected chi connectivity index (χ2v) is 6.73. The first-order chi connectivity index (χ1) is 12.9. The lowest BCUT2D eigenvalue weighted by atomic mass is 10.1. The van der Waals surface area contributed by atoms with E-state index in [4.69, 9.17) is 4.74 Å². The highest BCUT2D eigenvalue weighted by Gasteiger charge is 2.18. The summed E-state index contributed by atoms with van der Waals surface area (Å²) in [5.41, 5.74) is 5.06. The molecule has 0 saturated heterocycles. The first kappa shape index (κ1) is 18.7. The number of aryl methyl sites for hydroxylation is 2. The largest absolute Gasteiger partial charge is 0.496 e. The van der Waals surface area contributed by atoms with Crippen LogP contribution in [0.25, 0.3) is 11.3 Å². The molecule has 1 amide bonds. The number of hydrogen-bond donors (Lipinski definition) is 2. The van der Waals surface area contributed by atoms with E-state index in [0.717, 1.165) is 34.0 Å². The molecule has 0 radical (unpaired) electrons. The van der Waals surface area contributed by atoms with Gasteiger partial charge >= 0.3 is 0 Å². The molecule has 142 valence electrons. The summed E-state index contributed by atoms with van der Waals surface area (Å²) in [7, 11) is 3.54. The lowest BCUT2D eigenvalue weighted by Crippen LogP contribution is -2.34. The number of nitrogens with one attached hydrogen (secondary N) is 2. The maximum Gasteiger partial charge on any atom is 0.269 e. The van der Waals surface area contributed by atoms with Gasteiger partial charge in [-0.15, -0.1) is 0 Å². The molecule has 7 heteroatoms. The number of carbonyl (C=O) groups excluding carboxylic acids is 1. The van der Waals surface area contributed by atoms with Crippen molar-refractivity contribution in [2.75, 3.05) is 7.11 Å². The van der Waals surface area contributed by atoms with Crippen molar-refractivity contribution in [1.82, 2.24) is 25.3 Å². The molecule has 0 saturated carbocycles. The minimum atomic E-state index is -0.185. The summed E-state index contributed by atoms with van der Waals surface area (Å²) < 4.78 is 7.19. The van der Waals surface area contributed by atoms with Crippen LogP contribution in [0.4, 0.5) is 0 Å². The van der Waals surface area contributed by atoms with E-state index in [0.29, 0.717) is 12.1 Å². The fourth-order valence-corrected chi connectivity index (χ4v) is 3.26. The molecule has 0 bridgehead atoms. The van der Waals surface area contributed by atoms with Crippen molar-refractivity contribution in [3.05, 3.63) is 53.0 Å². The molecule has 0 spiro atoms. The SMILES string of the molecule is COc1ccccc1C[C@@H](C)NC(=O)c1cc(-c2c(C)nn(C)c2C)n[nH]1. The van der Waals surface area contributed by atoms with Crippen LogP contribution in [0.5, 0.6) is 5.75 Å². The van der Waals surface area contributed by atoms with Crippen LogP contribution in [0.2, 0.25) is 0 Å². The van der Waals surface area contributed by atoms with Crippen molar-refractivity contribution in [3.63, 3.8) is 0 Å². The number of rotatable bonds is 6. The summed E-state index contributed by atoms with van der Waals surface area (Å²) in [6.45, 7) is 5.89. The Bertz CT molecular complexity index is 957. The van der Waals surface area contributed by atoms with Gasteiger partial charge in [0.2, 0.25) is 0 Å². The van der Waals surface area contributed by atoms with Gasteiger partial charge in [0.05, 0.1) is 18.5 Å². The van der Waals surface area contributed by atoms with E-state index < -0.39 is 0 Å². The van der Waals surface area contributed by atoms with Crippen LogP contribution >= 0.6 is 0 Å². The quantitative estimate of drug-likeness (QED) is 0.702. The predicted octanol–water partition coefficient (Wildman–Crippen LogP) is 2.80. The molecule has 2 heterocycles. The van der Waals surface area contributed by atoms with Gasteiger partial charge in [-0.25, -0.2) is 0 Å². The molecule has 2 N–H and O–H groups in total. The number of ether oxygens (including phenoxy) is 1. The fraction of sp³-hybridized carbons (Fsp3) is 0.350. The van der Waals surface area contributed by atoms with Gasteiger partial charge in [0.15, 0.2) is 0 Å². The van der Waals surface area contributed by atoms with Crippen molar-refractivity contribution in [2.45, 2.75) is 33.2 Å². The molecule has 7 nitrogen and oxygen atoms in total. The number of benzene rings is 1. The number of para-hydroxylation sites is 1. The highest BCUT2D eigenvalue weighted by atomic mass is 16.5. The molecule has 0 unspecified atom stereocenters. The summed E-state index contributed by atoms with van der Waals surface area (Å²) in [6, 6.07) is 9.53. The number of aromatic nitrogens is 4. The van der Waals surface area contributed by atoms with Crippen LogP contribution in [0.3, 0.4) is 0 Å². The molecule has 0 aliphatic heterocycles. The lowest BCUT2D eigenvalue weighted by molar-refractivity contribution is 0.0935. The summed E-state index contributed by atoms with van der Waals surface area (Å²) in [4.78, 5) is 12.6. The van der Waals surface area contributed by atoms with Crippen LogP contribution in [0.15, 0.2) is 30.3 Å². The molecular weight excluding hydrogens is 342 g/mol. The lowest BCUT2D eigenvalue weighted by Gasteiger charge is -2.15. The number of nitrogens with zero attached hydrogens (tertiary/aromatic N) is 3. The summed E-state index contributed by atoms with van der Waals surface area (Å²) >= 11 is 0. The number of methoxy groups -OCH3 is 1. The van der Waals surface area contributed by atoms with Crippen LogP contribution in [0.1, 0.15) is 34.4 Å². The second-order valence-electron chi connectivity index (χ2n) is 6.73. The Labute approximate surface area is 158 Å². The van der Waals surface area contributed by atoms with Crippen molar-refractivity contribution in [1.29, 1.82) is 0 Å². The third kappa shape index (κ3) is 3.86. The summed E-state index contributed by atoms with van der Waals surface area (Å²) in [6.07, 6.45) is 0.678. The Morgan fingerprint density at radius 1 is 1.33 bits per heavy atom. The van der Waals surface area contributed by atoms with Gasteiger partial charge in [0.25, 0.3) is 5.91 Å². The van der Waals surface area contributed by atoms with Crippen molar-refractivity contribution in [3.8, 4) is 17.0 Å². The third-order valence-electron chi connectivity index (χ3n) is 4.68. The zero-order valence-electron chi connectivity index (χ0n) is 16.3. The second kappa shape index (κ2) is 7.65. The minimum Gasteiger partial charge on any atom is -0.496 e. The normalized spacial score (nSPS) is 12.0. The maximum absolute atomic E-state index is 12.6. The molecule has 3 rings (SSSR count). The van der Waals surface area contributed by atoms with E-state index in [9.17, 15) is 4.79 Å². The van der Waals surface area contributed by atoms with Gasteiger partial charge < -0.3 is 10.1 Å². The smallest absolute Gasteiger partial charge is 0.269 e. The molecule has 0 aliphatic rings. The average molecular weight is 367 g/mol. The number of H-pyrrole nitrogens is 1. The van der Waals surface area contributed by atoms with E-state index in [1.807, 2.05) is 56.8 Å². The molecule has 0 fully saturated rings. The molecule has 2 aromatic heterocycles. The van der Waals surface area contributed by atoms with Gasteiger partial charge in [-0.3, -0.25) is 14.6 Å². The molecule has 1 atom stereocenters. The standard InChI is InChI=1S/C20H25N5O2/c1-12(10-15-8-6-7-9-18(15)27-5)21-20(26)17-11-16(22-23-17)19-13(2)24-25(4)14(19)3/h6-9,11-12H,10H2,1-5H3,(H,21,26)(H,22,23)/t12-/m1/s1. The Morgan fingerprint density at radius 2 is 2.07 bits per heavy atom. The Morgan fingerprint density at radius 3 is 2.74 bits per heavy atom. The zero-order valence-corrected chi connectivity index (χ0v) is 16.3. The van der Waals surface area contributed by atoms with Crippen LogP contribution in [-0.4, -0.2) is 39.0 Å². The Hall–Kier alpha value is -3.09. The van der Waals surface area contributed by atoms with Crippen LogP contribution in [-0.2, 0) is 13.5 Å². The molecule has 1 aromatic carbocycles. The monoisotopic (exact) mass is 367 g/mol. The van der Waals surface area contributed by atoms with Crippen molar-refractivity contribution >= 4 is 5.91 Å². The fourth-order valence-electron chi connectivity index (χ4n) is 3.26. The molecule has 0 aliphatic carbocycles. The topological polar surface area (TPSA) is 84.8 Å². The first-order valence-corrected chi connectivity index (χ1v) is 8.89. The Balaban J connectivity index is 1.71. The minimum absolute atomic E-state index is 0.0533.